The zero-order valence-corrected chi connectivity index (χ0v) is 10.2. The molecule has 0 fully saturated rings. The van der Waals surface area contributed by atoms with Crippen LogP contribution in [-0.4, -0.2) is 28.1 Å². The SMILES string of the molecule is [Na+].[SiH2-][SiH2][SiH3]. The van der Waals surface area contributed by atoms with Crippen LogP contribution in [0, 0.1) is 0 Å². The summed E-state index contributed by atoms with van der Waals surface area (Å²) in [5, 5.41) is 0. The van der Waals surface area contributed by atoms with Gasteiger partial charge in [0, 0.05) is 0 Å². The molecule has 0 radical (unpaired) electrons. The average Bonchev–Trinajstić information content (AvgIpc) is 0.918. The van der Waals surface area contributed by atoms with Gasteiger partial charge >= 0.3 is 29.6 Å². The standard InChI is InChI=1S/Na.H7Si3/c;1-3-2/h;1,3H2,2H3/q+1;-1. The van der Waals surface area contributed by atoms with Gasteiger partial charge in [0.2, 0.25) is 0 Å². The molecule has 4 heavy (non-hydrogen) atoms. The molecule has 0 unspecified atom stereocenters. The van der Waals surface area contributed by atoms with Crippen LogP contribution >= 0.6 is 0 Å². The second-order valence-corrected chi connectivity index (χ2v) is 13.5. The summed E-state index contributed by atoms with van der Waals surface area (Å²) < 4.78 is 0. The number of hydrogen-bond acceptors (Lipinski definition) is 0. The fourth-order valence-electron chi connectivity index (χ4n) is 0. The molecule has 0 aliphatic rings. The van der Waals surface area contributed by atoms with Crippen LogP contribution in [0.1, 0.15) is 0 Å². The molecule has 0 bridgehead atoms. The first-order valence-electron chi connectivity index (χ1n) is 1.21. The first-order valence-corrected chi connectivity index (χ1v) is 10.9. The van der Waals surface area contributed by atoms with E-state index in [0.717, 1.165) is 0 Å². The summed E-state index contributed by atoms with van der Waals surface area (Å²) in [6.07, 6.45) is 0. The van der Waals surface area contributed by atoms with Gasteiger partial charge in [-0.15, -0.1) is 8.55 Å². The monoisotopic (exact) mass is 114 g/mol. The Balaban J connectivity index is 0. The largest absolute Gasteiger partial charge is 1.00 e. The van der Waals surface area contributed by atoms with Crippen LogP contribution in [0.2, 0.25) is 0 Å². The van der Waals surface area contributed by atoms with Crippen molar-refractivity contribution in [2.45, 2.75) is 0 Å². The molecule has 20 valence electrons. The molecule has 0 nitrogen and oxygen atoms in total. The Hall–Kier alpha value is 1.65. The number of hydrogen-bond donors (Lipinski definition) is 0. The van der Waals surface area contributed by atoms with Crippen LogP contribution in [0.15, 0.2) is 0 Å². The van der Waals surface area contributed by atoms with Crippen molar-refractivity contribution in [1.29, 1.82) is 0 Å². The Labute approximate surface area is 57.3 Å². The van der Waals surface area contributed by atoms with Gasteiger partial charge in [-0.3, -0.25) is 0 Å². The fraction of sp³-hybridized carbons (Fsp3) is 0. The summed E-state index contributed by atoms with van der Waals surface area (Å²) in [5.74, 6) is 0. The maximum absolute atomic E-state index is 2.17. The van der Waals surface area contributed by atoms with E-state index in [-0.39, 0.29) is 29.6 Å². The van der Waals surface area contributed by atoms with Gasteiger partial charge in [0.05, 0.1) is 0 Å². The fourth-order valence-corrected chi connectivity index (χ4v) is 0. The van der Waals surface area contributed by atoms with Gasteiger partial charge in [-0.2, -0.15) is 0 Å². The van der Waals surface area contributed by atoms with Gasteiger partial charge in [-0.25, -0.2) is 0 Å². The van der Waals surface area contributed by atoms with E-state index < -0.39 is 0 Å². The Morgan fingerprint density at radius 3 is 1.75 bits per heavy atom. The topological polar surface area (TPSA) is 0 Å². The van der Waals surface area contributed by atoms with E-state index >= 15 is 0 Å². The van der Waals surface area contributed by atoms with Crippen molar-refractivity contribution in [2.75, 3.05) is 0 Å². The molecule has 0 atom stereocenters. The zero-order valence-electron chi connectivity index (χ0n) is 3.41. The average molecular weight is 114 g/mol. The second-order valence-electron chi connectivity index (χ2n) is 0.500. The van der Waals surface area contributed by atoms with Crippen molar-refractivity contribution in [2.24, 2.45) is 0 Å². The van der Waals surface area contributed by atoms with E-state index in [2.05, 4.69) is 9.76 Å². The van der Waals surface area contributed by atoms with E-state index in [1.54, 1.807) is 0 Å². The number of rotatable bonds is 0. The summed E-state index contributed by atoms with van der Waals surface area (Å²) in [6, 6.07) is 0. The first kappa shape index (κ1) is 9.17. The zero-order chi connectivity index (χ0) is 2.71. The Bertz CT molecular complexity index is 3.25. The summed E-state index contributed by atoms with van der Waals surface area (Å²) in [4.78, 5) is 0. The van der Waals surface area contributed by atoms with Gasteiger partial charge in [0.15, 0.2) is 0 Å². The predicted molar refractivity (Wildman–Crippen MR) is 27.0 cm³/mol. The molecule has 0 heterocycles. The molecule has 0 saturated heterocycles. The third-order valence-electron chi connectivity index (χ3n) is 0. The molecule has 0 aromatic carbocycles. The van der Waals surface area contributed by atoms with Gasteiger partial charge in [0.25, 0.3) is 0 Å². The van der Waals surface area contributed by atoms with Crippen LogP contribution in [0.25, 0.3) is 0 Å². The molecule has 4 heteroatoms. The van der Waals surface area contributed by atoms with Crippen molar-refractivity contribution in [3.8, 4) is 0 Å². The smallest absolute Gasteiger partial charge is 0.303 e. The maximum Gasteiger partial charge on any atom is 1.00 e. The van der Waals surface area contributed by atoms with Crippen molar-refractivity contribution in [1.82, 2.24) is 0 Å². The van der Waals surface area contributed by atoms with Gasteiger partial charge < -0.3 is 9.76 Å². The van der Waals surface area contributed by atoms with E-state index in [9.17, 15) is 0 Å². The molecule has 0 saturated carbocycles. The molecule has 0 spiro atoms. The summed E-state index contributed by atoms with van der Waals surface area (Å²) in [6.45, 7) is 0. The molecule has 0 N–H and O–H groups in total. The minimum atomic E-state index is 0. The molecule has 0 aliphatic carbocycles. The predicted octanol–water partition coefficient (Wildman–Crippen LogP) is -6.01. The molecule has 0 rings (SSSR count). The van der Waals surface area contributed by atoms with E-state index in [0.29, 0.717) is 8.55 Å². The van der Waals surface area contributed by atoms with Crippen LogP contribution in [0.5, 0.6) is 0 Å². The summed E-state index contributed by atoms with van der Waals surface area (Å²) in [5.41, 5.74) is 0. The van der Waals surface area contributed by atoms with Gasteiger partial charge in [-0.1, -0.05) is 0 Å². The molecule has 0 aliphatic heterocycles. The van der Waals surface area contributed by atoms with Crippen molar-refractivity contribution < 1.29 is 29.6 Å². The van der Waals surface area contributed by atoms with Crippen LogP contribution in [0.4, 0.5) is 0 Å². The molecular formula is H7NaSi3. The summed E-state index contributed by atoms with van der Waals surface area (Å²) in [7, 11) is 4.28. The van der Waals surface area contributed by atoms with Crippen molar-refractivity contribution in [3.63, 3.8) is 0 Å². The van der Waals surface area contributed by atoms with Crippen LogP contribution < -0.4 is 29.6 Å². The van der Waals surface area contributed by atoms with E-state index in [1.807, 2.05) is 0 Å². The van der Waals surface area contributed by atoms with E-state index in [4.69, 9.17) is 0 Å². The van der Waals surface area contributed by atoms with Crippen molar-refractivity contribution >= 4 is 28.1 Å². The minimum absolute atomic E-state index is 0. The third kappa shape index (κ3) is 9.41. The van der Waals surface area contributed by atoms with Gasteiger partial charge in [0.1, 0.15) is 0 Å². The quantitative estimate of drug-likeness (QED) is 0.275. The Morgan fingerprint density at radius 2 is 1.75 bits per heavy atom. The summed E-state index contributed by atoms with van der Waals surface area (Å²) >= 11 is 0. The van der Waals surface area contributed by atoms with Crippen molar-refractivity contribution in [3.05, 3.63) is 0 Å². The second kappa shape index (κ2) is 8.82. The molecular weight excluding hydrogens is 107 g/mol. The van der Waals surface area contributed by atoms with Crippen LogP contribution in [-0.2, 0) is 0 Å². The van der Waals surface area contributed by atoms with E-state index in [1.165, 1.54) is 9.76 Å². The Morgan fingerprint density at radius 1 is 1.75 bits per heavy atom. The normalized spacial score (nSPS) is 8.25. The Kier molecular flexibility index (Phi) is 20.2. The maximum atomic E-state index is 2.17. The third-order valence-corrected chi connectivity index (χ3v) is 0. The minimum Gasteiger partial charge on any atom is -0.303 e. The molecule has 0 aromatic heterocycles. The molecule has 0 aromatic rings. The van der Waals surface area contributed by atoms with Crippen LogP contribution in [0.3, 0.4) is 0 Å². The molecule has 0 amide bonds. The first-order chi connectivity index (χ1) is 1.41. The van der Waals surface area contributed by atoms with Gasteiger partial charge in [-0.05, 0) is 9.76 Å².